The quantitative estimate of drug-likeness (QED) is 0.725. The summed E-state index contributed by atoms with van der Waals surface area (Å²) < 4.78 is 7.20. The van der Waals surface area contributed by atoms with Gasteiger partial charge in [-0.3, -0.25) is 9.48 Å². The Bertz CT molecular complexity index is 1060. The molecule has 0 radical (unpaired) electrons. The lowest BCUT2D eigenvalue weighted by atomic mass is 9.56. The van der Waals surface area contributed by atoms with E-state index < -0.39 is 0 Å². The van der Waals surface area contributed by atoms with E-state index in [0.717, 1.165) is 48.7 Å². The highest BCUT2D eigenvalue weighted by atomic mass is 35.5. The Morgan fingerprint density at radius 1 is 1.37 bits per heavy atom. The van der Waals surface area contributed by atoms with E-state index in [1.807, 2.05) is 30.8 Å². The van der Waals surface area contributed by atoms with E-state index in [9.17, 15) is 10.1 Å². The molecule has 7 heteroatoms. The minimum absolute atomic E-state index is 0.0621. The van der Waals surface area contributed by atoms with Gasteiger partial charge < -0.3 is 9.64 Å². The first-order valence-corrected chi connectivity index (χ1v) is 11.1. The Hall–Kier alpha value is -2.26. The molecule has 4 fully saturated rings. The third-order valence-electron chi connectivity index (χ3n) is 7.57. The van der Waals surface area contributed by atoms with Crippen LogP contribution in [-0.4, -0.2) is 39.8 Å². The van der Waals surface area contributed by atoms with Gasteiger partial charge in [0, 0.05) is 36.9 Å². The Kier molecular flexibility index (Phi) is 4.52. The third kappa shape index (κ3) is 2.82. The largest absolute Gasteiger partial charge is 0.495 e. The number of hydrogen-bond acceptors (Lipinski definition) is 4. The molecule has 4 aliphatic rings. The molecule has 6 rings (SSSR count). The average molecular weight is 427 g/mol. The Balaban J connectivity index is 1.41. The van der Waals surface area contributed by atoms with E-state index in [1.165, 1.54) is 0 Å². The molecule has 0 spiro atoms. The lowest BCUT2D eigenvalue weighted by molar-refractivity contribution is -0.153. The summed E-state index contributed by atoms with van der Waals surface area (Å²) in [6, 6.07) is 6.84. The molecule has 1 aromatic carbocycles. The molecule has 2 aromatic rings. The number of rotatable bonds is 4. The van der Waals surface area contributed by atoms with Crippen LogP contribution in [0.3, 0.4) is 0 Å². The van der Waals surface area contributed by atoms with Crippen LogP contribution in [0.25, 0.3) is 10.9 Å². The Labute approximate surface area is 181 Å². The zero-order valence-electron chi connectivity index (χ0n) is 17.7. The minimum atomic E-state index is -0.194. The number of carbonyl (C=O) groups excluding carboxylic acids is 1. The number of fused-ring (bicyclic) bond motifs is 1. The van der Waals surface area contributed by atoms with E-state index in [4.69, 9.17) is 21.4 Å². The summed E-state index contributed by atoms with van der Waals surface area (Å²) in [4.78, 5) is 15.5. The van der Waals surface area contributed by atoms with Crippen molar-refractivity contribution in [2.45, 2.75) is 63.5 Å². The number of benzene rings is 1. The van der Waals surface area contributed by atoms with Gasteiger partial charge in [0.15, 0.2) is 0 Å². The number of methoxy groups -OCH3 is 1. The van der Waals surface area contributed by atoms with Gasteiger partial charge in [0.2, 0.25) is 5.91 Å². The van der Waals surface area contributed by atoms with Crippen LogP contribution in [0.5, 0.6) is 5.75 Å². The number of halogens is 1. The van der Waals surface area contributed by atoms with Crippen molar-refractivity contribution in [2.24, 2.45) is 18.4 Å². The number of hydrogen-bond donors (Lipinski definition) is 0. The molecule has 3 unspecified atom stereocenters. The molecule has 3 heterocycles. The Morgan fingerprint density at radius 2 is 2.07 bits per heavy atom. The normalized spacial score (nSPS) is 30.5. The molecular weight excluding hydrogens is 400 g/mol. The fourth-order valence-electron chi connectivity index (χ4n) is 6.46. The number of ether oxygens (including phenoxy) is 1. The van der Waals surface area contributed by atoms with Crippen molar-refractivity contribution in [3.8, 4) is 11.8 Å². The summed E-state index contributed by atoms with van der Waals surface area (Å²) in [5, 5.41) is 15.8. The van der Waals surface area contributed by atoms with Crippen molar-refractivity contribution in [3.63, 3.8) is 0 Å². The molecule has 6 nitrogen and oxygen atoms in total. The van der Waals surface area contributed by atoms with Gasteiger partial charge in [0.05, 0.1) is 34.8 Å². The summed E-state index contributed by atoms with van der Waals surface area (Å²) in [6.45, 7) is 2.05. The van der Waals surface area contributed by atoms with Crippen molar-refractivity contribution in [1.82, 2.24) is 14.7 Å². The summed E-state index contributed by atoms with van der Waals surface area (Å²) in [5.74, 6) is 1.34. The first-order valence-electron chi connectivity index (χ1n) is 10.8. The Morgan fingerprint density at radius 3 is 2.70 bits per heavy atom. The second-order valence-electron chi connectivity index (χ2n) is 9.54. The average Bonchev–Trinajstić information content (AvgIpc) is 3.05. The van der Waals surface area contributed by atoms with E-state index in [1.54, 1.807) is 7.11 Å². The summed E-state index contributed by atoms with van der Waals surface area (Å²) in [6.07, 6.45) is 5.20. The second kappa shape index (κ2) is 6.88. The summed E-state index contributed by atoms with van der Waals surface area (Å²) in [7, 11) is 3.50. The first-order chi connectivity index (χ1) is 14.4. The number of nitrogens with zero attached hydrogens (tertiary/aromatic N) is 4. The fourth-order valence-corrected chi connectivity index (χ4v) is 6.80. The second-order valence-corrected chi connectivity index (χ2v) is 9.92. The number of aromatic nitrogens is 2. The molecule has 158 valence electrons. The predicted octanol–water partition coefficient (Wildman–Crippen LogP) is 4.41. The number of nitriles is 1. The number of carbonyl (C=O) groups is 1. The molecule has 1 amide bonds. The van der Waals surface area contributed by atoms with Crippen molar-refractivity contribution in [3.05, 3.63) is 22.8 Å². The van der Waals surface area contributed by atoms with E-state index in [2.05, 4.69) is 11.0 Å². The van der Waals surface area contributed by atoms with Gasteiger partial charge in [0.1, 0.15) is 5.75 Å². The fraction of sp³-hybridized carbons (Fsp3) is 0.609. The van der Waals surface area contributed by atoms with Crippen LogP contribution >= 0.6 is 11.6 Å². The lowest BCUT2D eigenvalue weighted by Crippen LogP contribution is -2.63. The summed E-state index contributed by atoms with van der Waals surface area (Å²) in [5.41, 5.74) is 1.57. The molecule has 4 bridgehead atoms. The molecule has 2 saturated heterocycles. The molecular formula is C23H27ClN4O2. The maximum Gasteiger partial charge on any atom is 0.223 e. The van der Waals surface area contributed by atoms with Crippen LogP contribution < -0.4 is 4.74 Å². The monoisotopic (exact) mass is 426 g/mol. The number of aryl methyl sites for hydroxylation is 1. The predicted molar refractivity (Wildman–Crippen MR) is 114 cm³/mol. The zero-order valence-corrected chi connectivity index (χ0v) is 18.4. The first kappa shape index (κ1) is 19.7. The standard InChI is InChI=1S/C23H27ClN4O2/c1-13(22-20-17(27(2)26-22)4-5-18(30-3)21(20)24)6-19(29)28-15-7-14-8-16(28)11-23(9-14,10-15)12-25/h4-5,13-16H,6-11H2,1-3H3. The van der Waals surface area contributed by atoms with Crippen molar-refractivity contribution >= 4 is 28.4 Å². The molecule has 2 aliphatic heterocycles. The van der Waals surface area contributed by atoms with Crippen molar-refractivity contribution in [2.75, 3.05) is 7.11 Å². The van der Waals surface area contributed by atoms with Gasteiger partial charge >= 0.3 is 0 Å². The van der Waals surface area contributed by atoms with Gasteiger partial charge in [-0.15, -0.1) is 0 Å². The van der Waals surface area contributed by atoms with Gasteiger partial charge in [-0.2, -0.15) is 10.4 Å². The third-order valence-corrected chi connectivity index (χ3v) is 7.94. The molecule has 2 saturated carbocycles. The molecule has 3 atom stereocenters. The minimum Gasteiger partial charge on any atom is -0.495 e. The highest BCUT2D eigenvalue weighted by Gasteiger charge is 2.56. The van der Waals surface area contributed by atoms with Crippen LogP contribution in [-0.2, 0) is 11.8 Å². The number of amides is 1. The van der Waals surface area contributed by atoms with Crippen LogP contribution in [0, 0.1) is 22.7 Å². The van der Waals surface area contributed by atoms with Crippen LogP contribution in [0.4, 0.5) is 0 Å². The van der Waals surface area contributed by atoms with Crippen LogP contribution in [0.1, 0.15) is 57.1 Å². The molecule has 2 aliphatic carbocycles. The van der Waals surface area contributed by atoms with Gasteiger partial charge in [-0.25, -0.2) is 0 Å². The highest BCUT2D eigenvalue weighted by Crippen LogP contribution is 2.56. The van der Waals surface area contributed by atoms with E-state index in [0.29, 0.717) is 23.1 Å². The molecule has 0 N–H and O–H groups in total. The number of piperidine rings is 2. The maximum absolute atomic E-state index is 13.4. The highest BCUT2D eigenvalue weighted by molar-refractivity contribution is 6.37. The lowest BCUT2D eigenvalue weighted by Gasteiger charge is -2.59. The van der Waals surface area contributed by atoms with Gasteiger partial charge in [-0.1, -0.05) is 18.5 Å². The van der Waals surface area contributed by atoms with Crippen molar-refractivity contribution in [1.29, 1.82) is 5.26 Å². The molecule has 1 aromatic heterocycles. The smallest absolute Gasteiger partial charge is 0.223 e. The van der Waals surface area contributed by atoms with Crippen LogP contribution in [0.2, 0.25) is 5.02 Å². The van der Waals surface area contributed by atoms with Crippen LogP contribution in [0.15, 0.2) is 12.1 Å². The molecule has 30 heavy (non-hydrogen) atoms. The van der Waals surface area contributed by atoms with Gasteiger partial charge in [-0.05, 0) is 50.2 Å². The van der Waals surface area contributed by atoms with Crippen molar-refractivity contribution < 1.29 is 9.53 Å². The van der Waals surface area contributed by atoms with Gasteiger partial charge in [0.25, 0.3) is 0 Å². The SMILES string of the molecule is COc1ccc2c(c(C(C)CC(=O)N3C4CC5CC3CC(C#N)(C5)C4)nn2C)c1Cl. The van der Waals surface area contributed by atoms with E-state index >= 15 is 0 Å². The van der Waals surface area contributed by atoms with E-state index in [-0.39, 0.29) is 29.3 Å². The summed E-state index contributed by atoms with van der Waals surface area (Å²) >= 11 is 6.62. The maximum atomic E-state index is 13.4. The topological polar surface area (TPSA) is 71.2 Å². The zero-order chi connectivity index (χ0) is 21.2.